The van der Waals surface area contributed by atoms with Crippen LogP contribution in [0.5, 0.6) is 5.75 Å². The average Bonchev–Trinajstić information content (AvgIpc) is 2.52. The Morgan fingerprint density at radius 1 is 1.10 bits per heavy atom. The minimum atomic E-state index is -0.284. The molecule has 0 saturated heterocycles. The minimum Gasteiger partial charge on any atom is -0.483 e. The third-order valence-corrected chi connectivity index (χ3v) is 2.99. The zero-order valence-electron chi connectivity index (χ0n) is 12.2. The highest BCUT2D eigenvalue weighted by molar-refractivity contribution is 5.99. The molecule has 0 saturated carbocycles. The number of ether oxygens (including phenoxy) is 1. The fourth-order valence-electron chi connectivity index (χ4n) is 1.78. The SMILES string of the molecule is C/C(=N/NC(=O)COc1ccccc1C)c1ccccc1. The second kappa shape index (κ2) is 7.24. The molecule has 108 valence electrons. The number of rotatable bonds is 5. The lowest BCUT2D eigenvalue weighted by Crippen LogP contribution is -2.25. The van der Waals surface area contributed by atoms with Crippen LogP contribution in [0.3, 0.4) is 0 Å². The topological polar surface area (TPSA) is 50.7 Å². The molecule has 0 heterocycles. The molecule has 21 heavy (non-hydrogen) atoms. The van der Waals surface area contributed by atoms with Gasteiger partial charge < -0.3 is 4.74 Å². The van der Waals surface area contributed by atoms with Gasteiger partial charge in [-0.2, -0.15) is 5.10 Å². The van der Waals surface area contributed by atoms with Crippen molar-refractivity contribution in [3.8, 4) is 5.75 Å². The maximum Gasteiger partial charge on any atom is 0.277 e. The van der Waals surface area contributed by atoms with Crippen LogP contribution in [0.1, 0.15) is 18.1 Å². The third-order valence-electron chi connectivity index (χ3n) is 2.99. The van der Waals surface area contributed by atoms with E-state index in [1.54, 1.807) is 0 Å². The summed E-state index contributed by atoms with van der Waals surface area (Å²) < 4.78 is 5.46. The number of aryl methyl sites for hydroxylation is 1. The van der Waals surface area contributed by atoms with E-state index in [1.165, 1.54) is 0 Å². The zero-order chi connectivity index (χ0) is 15.1. The van der Waals surface area contributed by atoms with Crippen molar-refractivity contribution >= 4 is 11.6 Å². The summed E-state index contributed by atoms with van der Waals surface area (Å²) in [5.74, 6) is 0.421. The van der Waals surface area contributed by atoms with E-state index in [0.29, 0.717) is 5.75 Å². The normalized spacial score (nSPS) is 11.0. The van der Waals surface area contributed by atoms with Gasteiger partial charge in [-0.1, -0.05) is 48.5 Å². The van der Waals surface area contributed by atoms with E-state index in [2.05, 4.69) is 10.5 Å². The van der Waals surface area contributed by atoms with E-state index in [9.17, 15) is 4.79 Å². The van der Waals surface area contributed by atoms with E-state index in [0.717, 1.165) is 16.8 Å². The Hall–Kier alpha value is -2.62. The van der Waals surface area contributed by atoms with Crippen molar-refractivity contribution in [1.82, 2.24) is 5.43 Å². The number of carbonyl (C=O) groups is 1. The first-order valence-corrected chi connectivity index (χ1v) is 6.74. The van der Waals surface area contributed by atoms with Crippen LogP contribution >= 0.6 is 0 Å². The van der Waals surface area contributed by atoms with E-state index >= 15 is 0 Å². The molecular formula is C17H18N2O2. The van der Waals surface area contributed by atoms with Gasteiger partial charge in [-0.15, -0.1) is 0 Å². The lowest BCUT2D eigenvalue weighted by molar-refractivity contribution is -0.123. The molecule has 0 aliphatic heterocycles. The van der Waals surface area contributed by atoms with Crippen LogP contribution < -0.4 is 10.2 Å². The third kappa shape index (κ3) is 4.45. The molecule has 0 radical (unpaired) electrons. The van der Waals surface area contributed by atoms with E-state index in [-0.39, 0.29) is 12.5 Å². The van der Waals surface area contributed by atoms with E-state index in [4.69, 9.17) is 4.74 Å². The molecule has 2 rings (SSSR count). The molecule has 0 spiro atoms. The fourth-order valence-corrected chi connectivity index (χ4v) is 1.78. The highest BCUT2D eigenvalue weighted by Gasteiger charge is 2.04. The summed E-state index contributed by atoms with van der Waals surface area (Å²) in [6.45, 7) is 3.72. The summed E-state index contributed by atoms with van der Waals surface area (Å²) >= 11 is 0. The second-order valence-corrected chi connectivity index (χ2v) is 4.65. The standard InChI is InChI=1S/C17H18N2O2/c1-13-8-6-7-11-16(13)21-12-17(20)19-18-14(2)15-9-4-3-5-10-15/h3-11H,12H2,1-2H3,(H,19,20)/b18-14-. The van der Waals surface area contributed by atoms with Gasteiger partial charge in [0.25, 0.3) is 5.91 Å². The minimum absolute atomic E-state index is 0.0591. The van der Waals surface area contributed by atoms with Crippen LogP contribution in [-0.4, -0.2) is 18.2 Å². The summed E-state index contributed by atoms with van der Waals surface area (Å²) in [6.07, 6.45) is 0. The highest BCUT2D eigenvalue weighted by Crippen LogP contribution is 2.15. The smallest absolute Gasteiger partial charge is 0.277 e. The number of hydrogen-bond acceptors (Lipinski definition) is 3. The molecule has 0 bridgehead atoms. The molecule has 2 aromatic carbocycles. The Labute approximate surface area is 124 Å². The van der Waals surface area contributed by atoms with Crippen LogP contribution in [0, 0.1) is 6.92 Å². The number of hydrogen-bond donors (Lipinski definition) is 1. The first kappa shape index (κ1) is 14.8. The van der Waals surface area contributed by atoms with Gasteiger partial charge in [0.05, 0.1) is 5.71 Å². The van der Waals surface area contributed by atoms with E-state index < -0.39 is 0 Å². The van der Waals surface area contributed by atoms with Crippen molar-refractivity contribution in [2.75, 3.05) is 6.61 Å². The zero-order valence-corrected chi connectivity index (χ0v) is 12.2. The van der Waals surface area contributed by atoms with Gasteiger partial charge in [-0.05, 0) is 31.0 Å². The first-order chi connectivity index (χ1) is 10.2. The Balaban J connectivity index is 1.87. The molecule has 0 fully saturated rings. The van der Waals surface area contributed by atoms with Crippen molar-refractivity contribution in [1.29, 1.82) is 0 Å². The van der Waals surface area contributed by atoms with Gasteiger partial charge in [0.1, 0.15) is 5.75 Å². The van der Waals surface area contributed by atoms with Crippen LogP contribution in [0.15, 0.2) is 59.7 Å². The molecule has 0 aromatic heterocycles. The number of hydrazone groups is 1. The molecular weight excluding hydrogens is 264 g/mol. The number of carbonyl (C=O) groups excluding carboxylic acids is 1. The average molecular weight is 282 g/mol. The first-order valence-electron chi connectivity index (χ1n) is 6.74. The fraction of sp³-hybridized carbons (Fsp3) is 0.176. The number of benzene rings is 2. The molecule has 1 N–H and O–H groups in total. The second-order valence-electron chi connectivity index (χ2n) is 4.65. The molecule has 0 atom stereocenters. The van der Waals surface area contributed by atoms with Gasteiger partial charge >= 0.3 is 0 Å². The Morgan fingerprint density at radius 3 is 2.48 bits per heavy atom. The number of nitrogens with one attached hydrogen (secondary N) is 1. The van der Waals surface area contributed by atoms with Crippen molar-refractivity contribution < 1.29 is 9.53 Å². The molecule has 1 amide bonds. The molecule has 2 aromatic rings. The lowest BCUT2D eigenvalue weighted by atomic mass is 10.1. The molecule has 0 aliphatic carbocycles. The van der Waals surface area contributed by atoms with Crippen LogP contribution in [0.4, 0.5) is 0 Å². The maximum absolute atomic E-state index is 11.7. The van der Waals surface area contributed by atoms with Crippen molar-refractivity contribution in [3.05, 3.63) is 65.7 Å². The quantitative estimate of drug-likeness (QED) is 0.677. The Kier molecular flexibility index (Phi) is 5.10. The Morgan fingerprint density at radius 2 is 1.76 bits per heavy atom. The molecule has 0 aliphatic rings. The van der Waals surface area contributed by atoms with Gasteiger partial charge in [0.2, 0.25) is 0 Å². The predicted octanol–water partition coefficient (Wildman–Crippen LogP) is 2.91. The van der Waals surface area contributed by atoms with Crippen molar-refractivity contribution in [2.45, 2.75) is 13.8 Å². The van der Waals surface area contributed by atoms with Gasteiger partial charge in [0, 0.05) is 0 Å². The van der Waals surface area contributed by atoms with Crippen molar-refractivity contribution in [2.24, 2.45) is 5.10 Å². The highest BCUT2D eigenvalue weighted by atomic mass is 16.5. The Bertz CT molecular complexity index is 636. The summed E-state index contributed by atoms with van der Waals surface area (Å²) in [7, 11) is 0. The molecule has 4 nitrogen and oxygen atoms in total. The van der Waals surface area contributed by atoms with Crippen LogP contribution in [-0.2, 0) is 4.79 Å². The van der Waals surface area contributed by atoms with Gasteiger partial charge in [-0.3, -0.25) is 4.79 Å². The summed E-state index contributed by atoms with van der Waals surface area (Å²) in [5.41, 5.74) is 5.21. The predicted molar refractivity (Wildman–Crippen MR) is 83.5 cm³/mol. The van der Waals surface area contributed by atoms with Gasteiger partial charge in [0.15, 0.2) is 6.61 Å². The monoisotopic (exact) mass is 282 g/mol. The number of nitrogens with zero attached hydrogens (tertiary/aromatic N) is 1. The van der Waals surface area contributed by atoms with Crippen LogP contribution in [0.25, 0.3) is 0 Å². The largest absolute Gasteiger partial charge is 0.483 e. The van der Waals surface area contributed by atoms with Crippen LogP contribution in [0.2, 0.25) is 0 Å². The number of para-hydroxylation sites is 1. The summed E-state index contributed by atoms with van der Waals surface area (Å²) in [5, 5.41) is 4.07. The maximum atomic E-state index is 11.7. The summed E-state index contributed by atoms with van der Waals surface area (Å²) in [6, 6.07) is 17.2. The lowest BCUT2D eigenvalue weighted by Gasteiger charge is -2.08. The van der Waals surface area contributed by atoms with Crippen molar-refractivity contribution in [3.63, 3.8) is 0 Å². The summed E-state index contributed by atoms with van der Waals surface area (Å²) in [4.78, 5) is 11.7. The number of amides is 1. The molecule has 4 heteroatoms. The van der Waals surface area contributed by atoms with E-state index in [1.807, 2.05) is 68.4 Å². The molecule has 0 unspecified atom stereocenters. The van der Waals surface area contributed by atoms with Gasteiger partial charge in [-0.25, -0.2) is 5.43 Å².